The molecule has 0 radical (unpaired) electrons. The summed E-state index contributed by atoms with van der Waals surface area (Å²) in [7, 11) is 6.56. The minimum absolute atomic E-state index is 0.0643. The third-order valence-electron chi connectivity index (χ3n) is 16.1. The highest BCUT2D eigenvalue weighted by atomic mass is 19.1. The first-order valence-electron chi connectivity index (χ1n) is 26.1. The Morgan fingerprint density at radius 1 is 0.946 bits per heavy atom. The highest BCUT2D eigenvalue weighted by Gasteiger charge is 2.53. The summed E-state index contributed by atoms with van der Waals surface area (Å²) in [5.41, 5.74) is -3.60. The lowest BCUT2D eigenvalue weighted by atomic mass is 9.77. The van der Waals surface area contributed by atoms with Crippen LogP contribution in [-0.4, -0.2) is 207 Å². The number of benzene rings is 1. The maximum atomic E-state index is 14.5. The number of hydrogen-bond donors (Lipinski definition) is 5. The largest absolute Gasteiger partial charge is 0.494 e. The van der Waals surface area contributed by atoms with Gasteiger partial charge in [0.2, 0.25) is 0 Å². The molecule has 6 rings (SSSR count). The van der Waals surface area contributed by atoms with E-state index < -0.39 is 126 Å². The van der Waals surface area contributed by atoms with E-state index in [1.54, 1.807) is 65.4 Å². The Kier molecular flexibility index (Phi) is 19.6. The molecule has 22 heteroatoms. The van der Waals surface area contributed by atoms with Gasteiger partial charge >= 0.3 is 12.1 Å². The number of rotatable bonds is 14. The number of halogens is 1. The molecular formula is C52H85FN6O15. The summed E-state index contributed by atoms with van der Waals surface area (Å²) >= 11 is 0. The monoisotopic (exact) mass is 1050 g/mol. The number of carbonyl (C=O) groups is 2. The smallest absolute Gasteiger partial charge is 0.414 e. The van der Waals surface area contributed by atoms with Gasteiger partial charge in [0.25, 0.3) is 0 Å². The van der Waals surface area contributed by atoms with Crippen LogP contribution in [0.15, 0.2) is 24.4 Å². The quantitative estimate of drug-likeness (QED) is 0.170. The van der Waals surface area contributed by atoms with E-state index in [9.17, 15) is 39.5 Å². The minimum atomic E-state index is -1.86. The Morgan fingerprint density at radius 3 is 2.30 bits per heavy atom. The lowest BCUT2D eigenvalue weighted by molar-refractivity contribution is -0.318. The van der Waals surface area contributed by atoms with Gasteiger partial charge in [-0.25, -0.2) is 13.9 Å². The fourth-order valence-corrected chi connectivity index (χ4v) is 11.5. The third-order valence-corrected chi connectivity index (χ3v) is 16.1. The van der Waals surface area contributed by atoms with Gasteiger partial charge in [-0.3, -0.25) is 9.69 Å². The van der Waals surface area contributed by atoms with Crippen molar-refractivity contribution in [3.8, 4) is 5.75 Å². The van der Waals surface area contributed by atoms with E-state index in [2.05, 4.69) is 10.3 Å². The van der Waals surface area contributed by atoms with E-state index in [1.165, 1.54) is 38.2 Å². The number of carbonyl (C=O) groups excluding carboxylic acids is 2. The van der Waals surface area contributed by atoms with Crippen LogP contribution in [0.4, 0.5) is 14.9 Å². The second-order valence-corrected chi connectivity index (χ2v) is 22.3. The number of hydrogen-bond acceptors (Lipinski definition) is 19. The van der Waals surface area contributed by atoms with Gasteiger partial charge in [-0.05, 0) is 99.9 Å². The molecule has 21 nitrogen and oxygen atoms in total. The number of aliphatic hydroxyl groups excluding tert-OH is 3. The molecule has 5 N–H and O–H groups in total. The molecule has 0 unspecified atom stereocenters. The molecule has 1 aromatic carbocycles. The molecule has 4 saturated heterocycles. The summed E-state index contributed by atoms with van der Waals surface area (Å²) in [4.78, 5) is 32.5. The molecule has 0 saturated carbocycles. The van der Waals surface area contributed by atoms with E-state index in [1.807, 2.05) is 37.7 Å². The van der Waals surface area contributed by atoms with Crippen molar-refractivity contribution >= 4 is 17.7 Å². The summed E-state index contributed by atoms with van der Waals surface area (Å²) in [6.07, 6.45) is -8.44. The van der Waals surface area contributed by atoms with Crippen LogP contribution in [0.2, 0.25) is 0 Å². The maximum absolute atomic E-state index is 14.5. The highest BCUT2D eigenvalue weighted by Crippen LogP contribution is 2.40. The summed E-state index contributed by atoms with van der Waals surface area (Å²) < 4.78 is 64.8. The zero-order valence-electron chi connectivity index (χ0n) is 45.8. The van der Waals surface area contributed by atoms with Gasteiger partial charge < -0.3 is 73.2 Å². The molecule has 0 aliphatic carbocycles. The topological polar surface area (TPSA) is 250 Å². The van der Waals surface area contributed by atoms with E-state index in [0.717, 1.165) is 0 Å². The van der Waals surface area contributed by atoms with Gasteiger partial charge in [0.15, 0.2) is 24.1 Å². The van der Waals surface area contributed by atoms with Crippen LogP contribution >= 0.6 is 0 Å². The fraction of sp³-hybridized carbons (Fsp3) is 0.808. The third kappa shape index (κ3) is 13.4. The standard InChI is InChI=1S/C52H85FN6O15/c1-15-40-52(10,66)44(61)32(6)57(12)24-28(2)22-50(8,65)46(30(4)43(31(5)47(63)72-40)73-41-23-51(9,68-14)45(62)33(7)70-41)74-48-42(60)38(20-29(3)69-48)56(11)19-18-34-25-58(55-54-34)26-36-27-59(49(64)71-36)35-16-17-39(67-13)37(53)21-35/h16-17,21,25,28-33,36,38,40-46,48,60-62,65-66H,15,18-20,22-24,26-27H2,1-14H3/t28-,29-,30+,31-,32-,33+,36+,38+,40-,41+,42-,43+,44-,45+,46-,48+,50-,51-,52-/m1/s1. The van der Waals surface area contributed by atoms with Crippen molar-refractivity contribution < 1.29 is 77.4 Å². The van der Waals surface area contributed by atoms with E-state index in [4.69, 9.17) is 37.9 Å². The predicted molar refractivity (Wildman–Crippen MR) is 267 cm³/mol. The number of methoxy groups -OCH3 is 2. The van der Waals surface area contributed by atoms with Crippen molar-refractivity contribution in [3.05, 3.63) is 35.9 Å². The number of ether oxygens (including phenoxy) is 8. The van der Waals surface area contributed by atoms with Gasteiger partial charge in [-0.15, -0.1) is 5.10 Å². The average molecular weight is 1050 g/mol. The number of cyclic esters (lactones) is 2. The first-order chi connectivity index (χ1) is 34.6. The lowest BCUT2D eigenvalue weighted by Crippen LogP contribution is -2.61. The van der Waals surface area contributed by atoms with Crippen molar-refractivity contribution in [2.75, 3.05) is 52.8 Å². The molecule has 1 amide bonds. The summed E-state index contributed by atoms with van der Waals surface area (Å²) in [5.74, 6) is -3.42. The second kappa shape index (κ2) is 24.3. The second-order valence-electron chi connectivity index (χ2n) is 22.3. The molecule has 1 aromatic heterocycles. The van der Waals surface area contributed by atoms with Crippen LogP contribution in [0.3, 0.4) is 0 Å². The molecule has 2 aromatic rings. The van der Waals surface area contributed by atoms with Crippen LogP contribution in [-0.2, 0) is 50.9 Å². The van der Waals surface area contributed by atoms with Gasteiger partial charge in [-0.1, -0.05) is 26.0 Å². The van der Waals surface area contributed by atoms with Gasteiger partial charge in [0, 0.05) is 63.3 Å². The maximum Gasteiger partial charge on any atom is 0.414 e. The molecular weight excluding hydrogens is 968 g/mol. The van der Waals surface area contributed by atoms with Crippen molar-refractivity contribution in [3.63, 3.8) is 0 Å². The number of anilines is 1. The fourth-order valence-electron chi connectivity index (χ4n) is 11.5. The molecule has 74 heavy (non-hydrogen) atoms. The molecule has 4 aliphatic heterocycles. The average Bonchev–Trinajstić information content (AvgIpc) is 3.96. The number of amides is 1. The zero-order chi connectivity index (χ0) is 54.8. The Hall–Kier alpha value is -3.65. The number of aliphatic hydroxyl groups is 5. The Balaban J connectivity index is 1.22. The Bertz CT molecular complexity index is 2170. The highest BCUT2D eigenvalue weighted by molar-refractivity contribution is 5.89. The van der Waals surface area contributed by atoms with E-state index in [-0.39, 0.29) is 44.0 Å². The molecule has 5 heterocycles. The molecule has 0 bridgehead atoms. The van der Waals surface area contributed by atoms with Crippen LogP contribution in [0.25, 0.3) is 0 Å². The van der Waals surface area contributed by atoms with E-state index in [0.29, 0.717) is 37.3 Å². The first kappa shape index (κ1) is 59.6. The van der Waals surface area contributed by atoms with Crippen molar-refractivity contribution in [2.24, 2.45) is 17.8 Å². The normalized spacial score (nSPS) is 40.4. The van der Waals surface area contributed by atoms with Crippen molar-refractivity contribution in [1.82, 2.24) is 24.8 Å². The number of likely N-dealkylation sites (N-methyl/N-ethyl adjacent to an activating group) is 2. The molecule has 19 atom stereocenters. The van der Waals surface area contributed by atoms with Gasteiger partial charge in [0.05, 0.1) is 73.1 Å². The van der Waals surface area contributed by atoms with E-state index >= 15 is 0 Å². The number of aromatic nitrogens is 3. The van der Waals surface area contributed by atoms with Crippen LogP contribution < -0.4 is 9.64 Å². The van der Waals surface area contributed by atoms with Gasteiger partial charge in [-0.2, -0.15) is 0 Å². The lowest BCUT2D eigenvalue weighted by Gasteiger charge is -2.49. The number of esters is 1. The summed E-state index contributed by atoms with van der Waals surface area (Å²) in [6, 6.07) is 3.18. The summed E-state index contributed by atoms with van der Waals surface area (Å²) in [6.45, 7) is 18.6. The van der Waals surface area contributed by atoms with Crippen LogP contribution in [0.5, 0.6) is 5.75 Å². The SMILES string of the molecule is CC[C@H]1OC(=O)[C@H](C)[C@@H](O[C@H]2C[C@@](C)(OC)[C@@H](O)[C@H](C)O2)[C@H](C)[C@@H](O[C@@H]2O[C@H](C)C[C@H](N(C)CCc3cn(C[C@H]4CN(c5ccc(OC)c(F)c5)C(=O)O4)nn3)[C@H]2O)[C@](C)(O)C[C@@H](C)CN(C)[C@H](C)[C@@H](O)[C@]1(C)O. The molecule has 4 aliphatic rings. The summed E-state index contributed by atoms with van der Waals surface area (Å²) in [5, 5.41) is 68.3. The first-order valence-corrected chi connectivity index (χ1v) is 26.1. The van der Waals surface area contributed by atoms with Crippen LogP contribution in [0, 0.1) is 23.6 Å². The van der Waals surface area contributed by atoms with Gasteiger partial charge in [0.1, 0.15) is 36.1 Å². The number of nitrogens with zero attached hydrogens (tertiary/aromatic N) is 6. The predicted octanol–water partition coefficient (Wildman–Crippen LogP) is 3.28. The van der Waals surface area contributed by atoms with Crippen molar-refractivity contribution in [2.45, 2.75) is 204 Å². The molecule has 0 spiro atoms. The Labute approximate surface area is 435 Å². The van der Waals surface area contributed by atoms with Crippen molar-refractivity contribution in [1.29, 1.82) is 0 Å². The molecule has 4 fully saturated rings. The zero-order valence-corrected chi connectivity index (χ0v) is 45.8. The minimum Gasteiger partial charge on any atom is -0.494 e. The molecule has 420 valence electrons. The van der Waals surface area contributed by atoms with Crippen LogP contribution in [0.1, 0.15) is 101 Å². The Morgan fingerprint density at radius 2 is 1.65 bits per heavy atom.